The van der Waals surface area contributed by atoms with Crippen LogP contribution in [0.25, 0.3) is 68.7 Å². The van der Waals surface area contributed by atoms with Crippen LogP contribution in [0.1, 0.15) is 11.1 Å². The molecule has 228 valence electrons. The summed E-state index contributed by atoms with van der Waals surface area (Å²) < 4.78 is 17.5. The quantitative estimate of drug-likeness (QED) is 0.180. The highest BCUT2D eigenvalue weighted by Gasteiger charge is 2.18. The summed E-state index contributed by atoms with van der Waals surface area (Å²) in [5.41, 5.74) is 7.38. The summed E-state index contributed by atoms with van der Waals surface area (Å²) in [6, 6.07) is 43.0. The van der Waals surface area contributed by atoms with Gasteiger partial charge in [0.1, 0.15) is 0 Å². The monoisotopic (exact) mass is 616 g/mol. The van der Waals surface area contributed by atoms with E-state index in [-0.39, 0.29) is 0 Å². The first-order chi connectivity index (χ1) is 23.1. The number of hydrogen-bond donors (Lipinski definition) is 0. The zero-order chi connectivity index (χ0) is 32.0. The fourth-order valence-corrected chi connectivity index (χ4v) is 4.95. The molecular weight excluding hydrogens is 588 g/mol. The predicted octanol–water partition coefficient (Wildman–Crippen LogP) is 9.14. The van der Waals surface area contributed by atoms with E-state index < -0.39 is 0 Å². The van der Waals surface area contributed by atoms with Crippen molar-refractivity contribution in [3.05, 3.63) is 145 Å². The Kier molecular flexibility index (Phi) is 8.25. The van der Waals surface area contributed by atoms with Gasteiger partial charge in [-0.25, -0.2) is 0 Å². The van der Waals surface area contributed by atoms with Crippen LogP contribution in [0.4, 0.5) is 0 Å². The molecule has 47 heavy (non-hydrogen) atoms. The van der Waals surface area contributed by atoms with Crippen LogP contribution < -0.4 is 0 Å². The van der Waals surface area contributed by atoms with Crippen molar-refractivity contribution in [3.63, 3.8) is 0 Å². The lowest BCUT2D eigenvalue weighted by Crippen LogP contribution is -1.90. The van der Waals surface area contributed by atoms with Gasteiger partial charge in [-0.2, -0.15) is 0 Å². The van der Waals surface area contributed by atoms with E-state index in [1.165, 1.54) is 0 Å². The fraction of sp³-hybridized carbons (Fsp3) is 0.0526. The van der Waals surface area contributed by atoms with E-state index in [0.29, 0.717) is 35.3 Å². The number of aromatic nitrogens is 6. The van der Waals surface area contributed by atoms with Crippen molar-refractivity contribution in [1.29, 1.82) is 0 Å². The SMILES string of the molecule is Cc1cc(-c2nnc(-c3ccccc3)o2)c(C)cc1-c1nnc(-c2ccccc2)o1.c1ccc(-c2nnc(-c3ccccc3)o2)cc1. The molecule has 3 heterocycles. The van der Waals surface area contributed by atoms with Crippen LogP contribution in [0.3, 0.4) is 0 Å². The summed E-state index contributed by atoms with van der Waals surface area (Å²) in [5, 5.41) is 25.0. The van der Waals surface area contributed by atoms with Gasteiger partial charge in [0.2, 0.25) is 35.3 Å². The molecule has 0 bridgehead atoms. The smallest absolute Gasteiger partial charge is 0.248 e. The Morgan fingerprint density at radius 1 is 0.319 bits per heavy atom. The molecule has 5 aromatic carbocycles. The Labute approximate surface area is 270 Å². The van der Waals surface area contributed by atoms with Crippen LogP contribution in [-0.2, 0) is 0 Å². The molecule has 0 aliphatic rings. The molecule has 8 rings (SSSR count). The van der Waals surface area contributed by atoms with Crippen LogP contribution in [-0.4, -0.2) is 30.6 Å². The molecule has 0 radical (unpaired) electrons. The van der Waals surface area contributed by atoms with Gasteiger partial charge < -0.3 is 13.3 Å². The number of aryl methyl sites for hydroxylation is 2. The lowest BCUT2D eigenvalue weighted by Gasteiger charge is -2.07. The zero-order valence-electron chi connectivity index (χ0n) is 25.6. The Morgan fingerprint density at radius 3 is 0.830 bits per heavy atom. The van der Waals surface area contributed by atoms with Crippen molar-refractivity contribution in [3.8, 4) is 68.7 Å². The van der Waals surface area contributed by atoms with Crippen molar-refractivity contribution < 1.29 is 13.3 Å². The Bertz CT molecular complexity index is 2050. The standard InChI is InChI=1S/C24H18N4O2.C14H10N2O/c1-15-13-20(24-28-26-22(30-24)18-11-7-4-8-12-18)16(2)14-19(15)23-27-25-21(29-23)17-9-5-3-6-10-17;1-3-7-11(8-4-1)13-15-16-14(17-13)12-9-5-2-6-10-12/h3-14H,1-2H3;1-10H. The molecule has 0 aliphatic carbocycles. The van der Waals surface area contributed by atoms with Gasteiger partial charge in [-0.05, 0) is 85.6 Å². The van der Waals surface area contributed by atoms with E-state index in [4.69, 9.17) is 13.3 Å². The molecule has 9 heteroatoms. The van der Waals surface area contributed by atoms with Crippen LogP contribution in [0.15, 0.2) is 147 Å². The lowest BCUT2D eigenvalue weighted by molar-refractivity contribution is 0.582. The van der Waals surface area contributed by atoms with Crippen LogP contribution >= 0.6 is 0 Å². The molecule has 0 atom stereocenters. The summed E-state index contributed by atoms with van der Waals surface area (Å²) >= 11 is 0. The second-order valence-corrected chi connectivity index (χ2v) is 10.7. The molecule has 0 spiro atoms. The van der Waals surface area contributed by atoms with Crippen LogP contribution in [0.5, 0.6) is 0 Å². The maximum absolute atomic E-state index is 5.93. The molecule has 0 aliphatic heterocycles. The van der Waals surface area contributed by atoms with Crippen molar-refractivity contribution in [2.24, 2.45) is 0 Å². The number of nitrogens with zero attached hydrogens (tertiary/aromatic N) is 6. The van der Waals surface area contributed by atoms with Crippen molar-refractivity contribution in [1.82, 2.24) is 30.6 Å². The summed E-state index contributed by atoms with van der Waals surface area (Å²) in [4.78, 5) is 0. The normalized spacial score (nSPS) is 10.8. The van der Waals surface area contributed by atoms with E-state index in [9.17, 15) is 0 Å². The van der Waals surface area contributed by atoms with Crippen molar-refractivity contribution in [2.45, 2.75) is 13.8 Å². The molecule has 9 nitrogen and oxygen atoms in total. The highest BCUT2D eigenvalue weighted by atomic mass is 16.4. The first-order valence-corrected chi connectivity index (χ1v) is 15.0. The highest BCUT2D eigenvalue weighted by Crippen LogP contribution is 2.33. The Hall–Kier alpha value is -6.48. The minimum absolute atomic E-state index is 0.483. The maximum atomic E-state index is 5.93. The fourth-order valence-electron chi connectivity index (χ4n) is 4.95. The van der Waals surface area contributed by atoms with E-state index in [1.54, 1.807) is 0 Å². The third-order valence-corrected chi connectivity index (χ3v) is 7.39. The molecule has 0 saturated carbocycles. The lowest BCUT2D eigenvalue weighted by atomic mass is 10.00. The first kappa shape index (κ1) is 29.2. The van der Waals surface area contributed by atoms with Crippen LogP contribution in [0, 0.1) is 13.8 Å². The van der Waals surface area contributed by atoms with E-state index >= 15 is 0 Å². The molecule has 8 aromatic rings. The summed E-state index contributed by atoms with van der Waals surface area (Å²) in [5.74, 6) is 3.05. The molecule has 0 amide bonds. The predicted molar refractivity (Wildman–Crippen MR) is 179 cm³/mol. The molecule has 0 unspecified atom stereocenters. The first-order valence-electron chi connectivity index (χ1n) is 15.0. The third-order valence-electron chi connectivity index (χ3n) is 7.39. The van der Waals surface area contributed by atoms with Gasteiger partial charge in [0.05, 0.1) is 0 Å². The Balaban J connectivity index is 0.000000174. The summed E-state index contributed by atoms with van der Waals surface area (Å²) in [6.07, 6.45) is 0. The van der Waals surface area contributed by atoms with Gasteiger partial charge in [0.25, 0.3) is 0 Å². The van der Waals surface area contributed by atoms with Gasteiger partial charge in [-0.1, -0.05) is 72.8 Å². The number of hydrogen-bond acceptors (Lipinski definition) is 9. The zero-order valence-corrected chi connectivity index (χ0v) is 25.6. The summed E-state index contributed by atoms with van der Waals surface area (Å²) in [6.45, 7) is 4.00. The molecule has 0 fully saturated rings. The maximum Gasteiger partial charge on any atom is 0.248 e. The minimum atomic E-state index is 0.483. The average Bonchev–Trinajstić information content (AvgIpc) is 3.93. The topological polar surface area (TPSA) is 117 Å². The van der Waals surface area contributed by atoms with E-state index in [0.717, 1.165) is 44.5 Å². The number of rotatable bonds is 6. The van der Waals surface area contributed by atoms with Crippen molar-refractivity contribution >= 4 is 0 Å². The van der Waals surface area contributed by atoms with Gasteiger partial charge in [-0.15, -0.1) is 30.6 Å². The molecule has 0 saturated heterocycles. The summed E-state index contributed by atoms with van der Waals surface area (Å²) in [7, 11) is 0. The second kappa shape index (κ2) is 13.3. The molecule has 0 N–H and O–H groups in total. The van der Waals surface area contributed by atoms with Gasteiger partial charge in [-0.3, -0.25) is 0 Å². The van der Waals surface area contributed by atoms with Crippen molar-refractivity contribution in [2.75, 3.05) is 0 Å². The van der Waals surface area contributed by atoms with Gasteiger partial charge in [0.15, 0.2) is 0 Å². The van der Waals surface area contributed by atoms with E-state index in [1.807, 2.05) is 147 Å². The second-order valence-electron chi connectivity index (χ2n) is 10.7. The number of benzene rings is 5. The molecular formula is C38H28N6O3. The van der Waals surface area contributed by atoms with Crippen LogP contribution in [0.2, 0.25) is 0 Å². The van der Waals surface area contributed by atoms with Gasteiger partial charge in [0, 0.05) is 33.4 Å². The average molecular weight is 617 g/mol. The van der Waals surface area contributed by atoms with E-state index in [2.05, 4.69) is 30.6 Å². The highest BCUT2D eigenvalue weighted by molar-refractivity contribution is 5.70. The largest absolute Gasteiger partial charge is 0.416 e. The minimum Gasteiger partial charge on any atom is -0.416 e. The third kappa shape index (κ3) is 6.50. The Morgan fingerprint density at radius 2 is 0.553 bits per heavy atom. The molecule has 3 aromatic heterocycles. The van der Waals surface area contributed by atoms with Gasteiger partial charge >= 0.3 is 0 Å².